The summed E-state index contributed by atoms with van der Waals surface area (Å²) in [4.78, 5) is 28.5. The van der Waals surface area contributed by atoms with Crippen LogP contribution in [-0.4, -0.2) is 75.9 Å². The first-order valence-corrected chi connectivity index (χ1v) is 10.9. The molecule has 4 heterocycles. The Hall–Kier alpha value is -2.32. The minimum absolute atomic E-state index is 0.0293. The van der Waals surface area contributed by atoms with Gasteiger partial charge in [-0.2, -0.15) is 5.10 Å². The number of rotatable bonds is 4. The molecular weight excluding hydrogens is 378 g/mol. The maximum atomic E-state index is 12.2. The van der Waals surface area contributed by atoms with Crippen molar-refractivity contribution in [2.24, 2.45) is 0 Å². The fourth-order valence-corrected chi connectivity index (χ4v) is 4.16. The molecule has 2 aromatic heterocycles. The summed E-state index contributed by atoms with van der Waals surface area (Å²) in [6.07, 6.45) is 2.71. The van der Waals surface area contributed by atoms with Crippen LogP contribution in [0.3, 0.4) is 0 Å². The SMILES string of the molecule is CN1CCc2ncnc(N3CCN(CCn4nc(C(C)(C)C)ccc4=O)CC3)c2C1. The van der Waals surface area contributed by atoms with Gasteiger partial charge in [0.1, 0.15) is 12.1 Å². The van der Waals surface area contributed by atoms with Crippen molar-refractivity contribution in [1.29, 1.82) is 0 Å². The molecule has 0 spiro atoms. The van der Waals surface area contributed by atoms with Crippen LogP contribution in [0.15, 0.2) is 23.3 Å². The lowest BCUT2D eigenvalue weighted by Gasteiger charge is -2.37. The highest BCUT2D eigenvalue weighted by Crippen LogP contribution is 2.26. The molecule has 0 bridgehead atoms. The Kier molecular flexibility index (Phi) is 5.88. The van der Waals surface area contributed by atoms with Crippen LogP contribution >= 0.6 is 0 Å². The average molecular weight is 412 g/mol. The molecule has 0 aliphatic carbocycles. The second-order valence-corrected chi connectivity index (χ2v) is 9.47. The minimum atomic E-state index is -0.0637. The van der Waals surface area contributed by atoms with Crippen LogP contribution in [0.4, 0.5) is 5.82 Å². The van der Waals surface area contributed by atoms with E-state index in [1.165, 1.54) is 11.3 Å². The van der Waals surface area contributed by atoms with Crippen molar-refractivity contribution in [1.82, 2.24) is 29.5 Å². The van der Waals surface area contributed by atoms with Gasteiger partial charge >= 0.3 is 0 Å². The van der Waals surface area contributed by atoms with Crippen LogP contribution in [0.1, 0.15) is 37.7 Å². The fraction of sp³-hybridized carbons (Fsp3) is 0.636. The van der Waals surface area contributed by atoms with Gasteiger partial charge in [-0.25, -0.2) is 14.6 Å². The smallest absolute Gasteiger partial charge is 0.266 e. The van der Waals surface area contributed by atoms with Gasteiger partial charge in [0, 0.05) is 69.3 Å². The first-order chi connectivity index (χ1) is 14.3. The Labute approximate surface area is 178 Å². The van der Waals surface area contributed by atoms with Gasteiger partial charge in [0.2, 0.25) is 0 Å². The van der Waals surface area contributed by atoms with Gasteiger partial charge in [-0.05, 0) is 13.1 Å². The molecule has 0 saturated carbocycles. The van der Waals surface area contributed by atoms with Crippen molar-refractivity contribution in [2.45, 2.75) is 45.7 Å². The minimum Gasteiger partial charge on any atom is -0.354 e. The zero-order valence-electron chi connectivity index (χ0n) is 18.6. The Morgan fingerprint density at radius 1 is 1.00 bits per heavy atom. The number of hydrogen-bond donors (Lipinski definition) is 0. The van der Waals surface area contributed by atoms with Gasteiger partial charge in [0.25, 0.3) is 5.56 Å². The van der Waals surface area contributed by atoms with Crippen LogP contribution in [0.5, 0.6) is 0 Å². The van der Waals surface area contributed by atoms with Gasteiger partial charge < -0.3 is 9.80 Å². The van der Waals surface area contributed by atoms with Crippen LogP contribution in [0, 0.1) is 0 Å². The van der Waals surface area contributed by atoms with E-state index in [1.54, 1.807) is 17.1 Å². The summed E-state index contributed by atoms with van der Waals surface area (Å²) in [5.74, 6) is 1.10. The first-order valence-electron chi connectivity index (χ1n) is 10.9. The largest absolute Gasteiger partial charge is 0.354 e. The van der Waals surface area contributed by atoms with Gasteiger partial charge in [-0.3, -0.25) is 9.69 Å². The van der Waals surface area contributed by atoms with Crippen molar-refractivity contribution in [2.75, 3.05) is 51.2 Å². The Morgan fingerprint density at radius 2 is 1.77 bits per heavy atom. The van der Waals surface area contributed by atoms with E-state index in [1.807, 2.05) is 6.07 Å². The highest BCUT2D eigenvalue weighted by atomic mass is 16.1. The van der Waals surface area contributed by atoms with Crippen molar-refractivity contribution >= 4 is 5.82 Å². The lowest BCUT2D eigenvalue weighted by Crippen LogP contribution is -2.48. The van der Waals surface area contributed by atoms with Gasteiger partial charge in [-0.1, -0.05) is 20.8 Å². The van der Waals surface area contributed by atoms with E-state index in [4.69, 9.17) is 0 Å². The van der Waals surface area contributed by atoms with E-state index in [9.17, 15) is 4.79 Å². The molecular formula is C22H33N7O. The Balaban J connectivity index is 1.37. The van der Waals surface area contributed by atoms with Crippen molar-refractivity contribution in [3.63, 3.8) is 0 Å². The molecule has 0 unspecified atom stereocenters. The summed E-state index contributed by atoms with van der Waals surface area (Å²) in [5.41, 5.74) is 3.34. The molecule has 0 amide bonds. The van der Waals surface area contributed by atoms with Crippen molar-refractivity contribution < 1.29 is 0 Å². The topological polar surface area (TPSA) is 70.4 Å². The molecule has 2 aromatic rings. The lowest BCUT2D eigenvalue weighted by atomic mass is 9.92. The Bertz CT molecular complexity index is 941. The zero-order valence-corrected chi connectivity index (χ0v) is 18.6. The lowest BCUT2D eigenvalue weighted by molar-refractivity contribution is 0.240. The molecule has 162 valence electrons. The summed E-state index contributed by atoms with van der Waals surface area (Å²) in [6.45, 7) is 13.6. The predicted octanol–water partition coefficient (Wildman–Crippen LogP) is 1.14. The fourth-order valence-electron chi connectivity index (χ4n) is 4.16. The van der Waals surface area contributed by atoms with E-state index in [0.717, 1.165) is 63.7 Å². The average Bonchev–Trinajstić information content (AvgIpc) is 2.72. The van der Waals surface area contributed by atoms with Crippen LogP contribution in [0.25, 0.3) is 0 Å². The third-order valence-corrected chi connectivity index (χ3v) is 6.11. The summed E-state index contributed by atoms with van der Waals surface area (Å²) in [7, 11) is 2.16. The van der Waals surface area contributed by atoms with Gasteiger partial charge in [0.15, 0.2) is 0 Å². The van der Waals surface area contributed by atoms with Gasteiger partial charge in [-0.15, -0.1) is 0 Å². The number of fused-ring (bicyclic) bond motifs is 1. The summed E-state index contributed by atoms with van der Waals surface area (Å²) < 4.78 is 1.61. The molecule has 4 rings (SSSR count). The molecule has 1 fully saturated rings. The molecule has 30 heavy (non-hydrogen) atoms. The third-order valence-electron chi connectivity index (χ3n) is 6.11. The van der Waals surface area contributed by atoms with E-state index >= 15 is 0 Å². The zero-order chi connectivity index (χ0) is 21.3. The van der Waals surface area contributed by atoms with E-state index < -0.39 is 0 Å². The Morgan fingerprint density at radius 3 is 2.50 bits per heavy atom. The van der Waals surface area contributed by atoms with Crippen LogP contribution in [0.2, 0.25) is 0 Å². The standard InChI is InChI=1S/C22H33N7O/c1-22(2,3)19-5-6-20(30)29(25-19)14-11-27-9-12-28(13-10-27)21-17-15-26(4)8-7-18(17)23-16-24-21/h5-6,16H,7-15H2,1-4H3. The molecule has 8 heteroatoms. The second kappa shape index (κ2) is 8.43. The second-order valence-electron chi connectivity index (χ2n) is 9.47. The number of anilines is 1. The number of aromatic nitrogens is 4. The number of piperazine rings is 1. The monoisotopic (exact) mass is 411 g/mol. The highest BCUT2D eigenvalue weighted by Gasteiger charge is 2.25. The van der Waals surface area contributed by atoms with Crippen LogP contribution in [-0.2, 0) is 24.9 Å². The number of likely N-dealkylation sites (N-methyl/N-ethyl adjacent to an activating group) is 1. The summed E-state index contributed by atoms with van der Waals surface area (Å²) in [6, 6.07) is 3.48. The quantitative estimate of drug-likeness (QED) is 0.747. The molecule has 1 saturated heterocycles. The number of hydrogen-bond acceptors (Lipinski definition) is 7. The molecule has 2 aliphatic heterocycles. The maximum absolute atomic E-state index is 12.2. The van der Waals surface area contributed by atoms with E-state index in [2.05, 4.69) is 57.6 Å². The van der Waals surface area contributed by atoms with E-state index in [-0.39, 0.29) is 11.0 Å². The summed E-state index contributed by atoms with van der Waals surface area (Å²) >= 11 is 0. The van der Waals surface area contributed by atoms with Crippen LogP contribution < -0.4 is 10.5 Å². The normalized spacial score (nSPS) is 18.5. The highest BCUT2D eigenvalue weighted by molar-refractivity contribution is 5.49. The predicted molar refractivity (Wildman–Crippen MR) is 118 cm³/mol. The molecule has 0 atom stereocenters. The first kappa shape index (κ1) is 20.9. The molecule has 8 nitrogen and oxygen atoms in total. The third kappa shape index (κ3) is 4.54. The number of nitrogens with zero attached hydrogens (tertiary/aromatic N) is 7. The maximum Gasteiger partial charge on any atom is 0.266 e. The molecule has 0 aromatic carbocycles. The van der Waals surface area contributed by atoms with Gasteiger partial charge in [0.05, 0.1) is 17.9 Å². The molecule has 2 aliphatic rings. The molecule has 0 N–H and O–H groups in total. The summed E-state index contributed by atoms with van der Waals surface area (Å²) in [5, 5.41) is 4.59. The molecule has 0 radical (unpaired) electrons. The van der Waals surface area contributed by atoms with Crippen molar-refractivity contribution in [3.8, 4) is 0 Å². The van der Waals surface area contributed by atoms with Crippen molar-refractivity contribution in [3.05, 3.63) is 45.8 Å². The van der Waals surface area contributed by atoms with E-state index in [0.29, 0.717) is 6.54 Å².